The summed E-state index contributed by atoms with van der Waals surface area (Å²) in [5.41, 5.74) is 1.15. The van der Waals surface area contributed by atoms with E-state index in [0.717, 1.165) is 30.7 Å². The van der Waals surface area contributed by atoms with Crippen LogP contribution in [0.25, 0.3) is 0 Å². The number of rotatable bonds is 28. The maximum atomic E-state index is 14.2. The van der Waals surface area contributed by atoms with E-state index >= 15 is 0 Å². The Bertz CT molecular complexity index is 1330. The first-order valence-corrected chi connectivity index (χ1v) is 20.3. The summed E-state index contributed by atoms with van der Waals surface area (Å²) in [5.74, 6) is 0.466. The Hall–Kier alpha value is -2.96. The van der Waals surface area contributed by atoms with Gasteiger partial charge < -0.3 is 34.9 Å². The molecule has 0 spiro atoms. The Labute approximate surface area is 322 Å². The molecule has 3 rings (SSSR count). The van der Waals surface area contributed by atoms with E-state index in [1.54, 1.807) is 25.8 Å². The van der Waals surface area contributed by atoms with E-state index in [4.69, 9.17) is 18.9 Å². The number of benzene rings is 1. The Kier molecular flexibility index (Phi) is 19.9. The predicted octanol–water partition coefficient (Wildman–Crippen LogP) is 5.81. The maximum absolute atomic E-state index is 14.2. The number of amides is 2. The van der Waals surface area contributed by atoms with Crippen LogP contribution in [0.15, 0.2) is 66.9 Å². The molecule has 0 aromatic heterocycles. The van der Waals surface area contributed by atoms with Gasteiger partial charge in [-0.2, -0.15) is 0 Å². The zero-order valence-corrected chi connectivity index (χ0v) is 33.7. The molecule has 1 saturated heterocycles. The number of hydrogen-bond acceptors (Lipinski definition) is 9. The fourth-order valence-electron chi connectivity index (χ4n) is 6.24. The van der Waals surface area contributed by atoms with Crippen molar-refractivity contribution in [2.45, 2.75) is 102 Å². The second kappa shape index (κ2) is 23.7. The van der Waals surface area contributed by atoms with Gasteiger partial charge in [0, 0.05) is 23.8 Å². The van der Waals surface area contributed by atoms with E-state index in [2.05, 4.69) is 60.7 Å². The van der Waals surface area contributed by atoms with E-state index in [0.29, 0.717) is 58.9 Å². The predicted molar refractivity (Wildman–Crippen MR) is 214 cm³/mol. The molecule has 1 aliphatic carbocycles. The number of carbonyl (C=O) groups is 3. The molecule has 1 heterocycles. The van der Waals surface area contributed by atoms with Gasteiger partial charge in [0.2, 0.25) is 11.8 Å². The van der Waals surface area contributed by atoms with Crippen molar-refractivity contribution in [3.8, 4) is 0 Å². The van der Waals surface area contributed by atoms with Crippen LogP contribution in [0, 0.1) is 17.8 Å². The molecule has 1 aliphatic heterocycles. The molecule has 1 aromatic rings. The molecule has 0 bridgehead atoms. The van der Waals surface area contributed by atoms with Crippen LogP contribution in [0.2, 0.25) is 0 Å². The smallest absolute Gasteiger partial charge is 0.243 e. The van der Waals surface area contributed by atoms with Gasteiger partial charge in [0.25, 0.3) is 0 Å². The highest BCUT2D eigenvalue weighted by Gasteiger charge is 2.50. The lowest BCUT2D eigenvalue weighted by Gasteiger charge is -2.30. The number of nitrogens with one attached hydrogen (secondary N) is 3. The number of aryl methyl sites for hydroxylation is 1. The van der Waals surface area contributed by atoms with Crippen LogP contribution in [0.4, 0.5) is 0 Å². The van der Waals surface area contributed by atoms with E-state index in [9.17, 15) is 14.4 Å². The summed E-state index contributed by atoms with van der Waals surface area (Å²) in [6, 6.07) is 8.22. The number of thioether (sulfide) groups is 1. The summed E-state index contributed by atoms with van der Waals surface area (Å²) in [6.07, 6.45) is 12.0. The van der Waals surface area contributed by atoms with Crippen molar-refractivity contribution >= 4 is 29.4 Å². The van der Waals surface area contributed by atoms with Crippen molar-refractivity contribution in [1.29, 1.82) is 0 Å². The number of Topliss-reactive ketones (excluding diaryl/α,β-unsaturated/α-hetero) is 1. The first kappa shape index (κ1) is 44.4. The molecule has 2 aliphatic rings. The zero-order valence-electron chi connectivity index (χ0n) is 32.9. The minimum atomic E-state index is -0.866. The molecule has 2 unspecified atom stereocenters. The third-order valence-corrected chi connectivity index (χ3v) is 10.7. The quantitative estimate of drug-likeness (QED) is 0.0717. The average molecular weight is 756 g/mol. The molecule has 0 saturated carbocycles. The number of ether oxygens (including phenoxy) is 4. The molecule has 1 fully saturated rings. The third kappa shape index (κ3) is 16.9. The molecule has 1 aromatic carbocycles. The van der Waals surface area contributed by atoms with Gasteiger partial charge in [0.05, 0.1) is 45.7 Å². The van der Waals surface area contributed by atoms with Crippen molar-refractivity contribution < 1.29 is 33.3 Å². The van der Waals surface area contributed by atoms with Crippen LogP contribution >= 0.6 is 11.8 Å². The number of allylic oxidation sites excluding steroid dienone is 4. The third-order valence-electron chi connectivity index (χ3n) is 9.34. The lowest BCUT2D eigenvalue weighted by Crippen LogP contribution is -2.57. The number of epoxide rings is 1. The van der Waals surface area contributed by atoms with Gasteiger partial charge in [-0.1, -0.05) is 88.9 Å². The van der Waals surface area contributed by atoms with Crippen molar-refractivity contribution in [3.05, 3.63) is 72.5 Å². The summed E-state index contributed by atoms with van der Waals surface area (Å²) in [7, 11) is 1.65. The molecular formula is C42H65N3O7S. The van der Waals surface area contributed by atoms with Gasteiger partial charge in [0.1, 0.15) is 17.7 Å². The SMILES string of the molecule is C=C(N[C@@H](CC(C)C)C(=O)N[C@@H](CC1C=CC=CC1)C(=O)NC(CC(C)C)C(=O)[C@@]1(C)CO1)[C@H](CCc1ccccc1)SCCOCCOCCOC. The van der Waals surface area contributed by atoms with Crippen molar-refractivity contribution in [1.82, 2.24) is 16.0 Å². The number of carbonyl (C=O) groups excluding carboxylic acids is 3. The molecule has 10 nitrogen and oxygen atoms in total. The largest absolute Gasteiger partial charge is 0.382 e. The van der Waals surface area contributed by atoms with Gasteiger partial charge in [0.15, 0.2) is 5.78 Å². The first-order valence-electron chi connectivity index (χ1n) is 19.3. The minimum absolute atomic E-state index is 0.0197. The molecule has 3 N–H and O–H groups in total. The van der Waals surface area contributed by atoms with Gasteiger partial charge in [-0.05, 0) is 68.8 Å². The first-order chi connectivity index (χ1) is 25.4. The van der Waals surface area contributed by atoms with Crippen molar-refractivity contribution in [2.75, 3.05) is 52.5 Å². The molecule has 6 atom stereocenters. The van der Waals surface area contributed by atoms with E-state index in [1.807, 2.05) is 44.2 Å². The van der Waals surface area contributed by atoms with Crippen LogP contribution in [-0.4, -0.2) is 99.1 Å². The summed E-state index contributed by atoms with van der Waals surface area (Å²) >= 11 is 1.76. The van der Waals surface area contributed by atoms with Crippen LogP contribution in [0.1, 0.15) is 72.3 Å². The number of methoxy groups -OCH3 is 1. The fraction of sp³-hybridized carbons (Fsp3) is 0.643. The number of hydrogen-bond donors (Lipinski definition) is 3. The summed E-state index contributed by atoms with van der Waals surface area (Å²) in [5, 5.41) is 9.64. The normalized spacial score (nSPS) is 20.1. The van der Waals surface area contributed by atoms with Gasteiger partial charge in [-0.3, -0.25) is 14.4 Å². The molecule has 53 heavy (non-hydrogen) atoms. The van der Waals surface area contributed by atoms with Crippen LogP contribution in [-0.2, 0) is 39.8 Å². The molecule has 11 heteroatoms. The Morgan fingerprint density at radius 3 is 2.13 bits per heavy atom. The number of ketones is 1. The maximum Gasteiger partial charge on any atom is 0.243 e. The average Bonchev–Trinajstić information content (AvgIpc) is 3.89. The second-order valence-corrected chi connectivity index (χ2v) is 16.4. The summed E-state index contributed by atoms with van der Waals surface area (Å²) in [6.45, 7) is 17.5. The topological polar surface area (TPSA) is 128 Å². The lowest BCUT2D eigenvalue weighted by molar-refractivity contribution is -0.134. The molecule has 0 radical (unpaired) electrons. The van der Waals surface area contributed by atoms with Crippen LogP contribution in [0.5, 0.6) is 0 Å². The van der Waals surface area contributed by atoms with Crippen LogP contribution < -0.4 is 16.0 Å². The van der Waals surface area contributed by atoms with E-state index < -0.39 is 23.7 Å². The van der Waals surface area contributed by atoms with E-state index in [1.165, 1.54) is 5.56 Å². The van der Waals surface area contributed by atoms with Crippen molar-refractivity contribution in [3.63, 3.8) is 0 Å². The van der Waals surface area contributed by atoms with Gasteiger partial charge in [-0.25, -0.2) is 0 Å². The highest BCUT2D eigenvalue weighted by atomic mass is 32.2. The molecule has 2 amide bonds. The van der Waals surface area contributed by atoms with E-state index in [-0.39, 0.29) is 40.6 Å². The zero-order chi connectivity index (χ0) is 38.6. The summed E-state index contributed by atoms with van der Waals surface area (Å²) < 4.78 is 21.8. The van der Waals surface area contributed by atoms with Crippen molar-refractivity contribution in [2.24, 2.45) is 17.8 Å². The highest BCUT2D eigenvalue weighted by Crippen LogP contribution is 2.30. The molecule has 296 valence electrons. The summed E-state index contributed by atoms with van der Waals surface area (Å²) in [4.78, 5) is 41.6. The Morgan fingerprint density at radius 2 is 1.51 bits per heavy atom. The monoisotopic (exact) mass is 755 g/mol. The van der Waals surface area contributed by atoms with Crippen LogP contribution in [0.3, 0.4) is 0 Å². The Morgan fingerprint density at radius 1 is 0.887 bits per heavy atom. The second-order valence-electron chi connectivity index (χ2n) is 15.1. The highest BCUT2D eigenvalue weighted by molar-refractivity contribution is 8.00. The fourth-order valence-corrected chi connectivity index (χ4v) is 7.29. The minimum Gasteiger partial charge on any atom is -0.382 e. The standard InChI is InChI=1S/C42H65N3O7S/c1-30(2)26-35(39(46)42(6)29-52-42)44-41(48)37(28-34-16-12-9-13-17-34)45-40(47)36(27-31(3)4)43-32(5)38(19-18-33-14-10-8-11-15-33)53-25-24-51-23-22-50-21-20-49-7/h8-16,30-31,34-38,43H,5,17-29H2,1-4,6-7H3,(H,44,48)(H,45,47)/t34?,35?,36-,37-,38-,42+/m0/s1. The van der Waals surface area contributed by atoms with Gasteiger partial charge in [-0.15, -0.1) is 11.8 Å². The Balaban J connectivity index is 1.72. The van der Waals surface area contributed by atoms with Gasteiger partial charge >= 0.3 is 0 Å². The molecular weight excluding hydrogens is 691 g/mol. The lowest BCUT2D eigenvalue weighted by atomic mass is 9.91.